The van der Waals surface area contributed by atoms with E-state index in [0.717, 1.165) is 11.0 Å². The van der Waals surface area contributed by atoms with Crippen molar-refractivity contribution in [2.24, 2.45) is 5.92 Å². The van der Waals surface area contributed by atoms with Gasteiger partial charge in [0.05, 0.1) is 14.2 Å². The number of hydrogen-bond donors (Lipinski definition) is 0. The summed E-state index contributed by atoms with van der Waals surface area (Å²) in [7, 11) is 2.80. The zero-order valence-corrected chi connectivity index (χ0v) is 13.0. The van der Waals surface area contributed by atoms with Gasteiger partial charge in [-0.25, -0.2) is 4.79 Å². The predicted molar refractivity (Wildman–Crippen MR) is 78.6 cm³/mol. The van der Waals surface area contributed by atoms with Crippen LogP contribution < -0.4 is 9.64 Å². The Bertz CT molecular complexity index is 532. The Hall–Kier alpha value is -1.56. The number of rotatable bonds is 4. The van der Waals surface area contributed by atoms with Gasteiger partial charge in [0.1, 0.15) is 11.3 Å². The molecule has 1 aliphatic heterocycles. The van der Waals surface area contributed by atoms with Crippen molar-refractivity contribution in [3.63, 3.8) is 0 Å². The van der Waals surface area contributed by atoms with Crippen LogP contribution >= 0.6 is 15.9 Å². The number of alkyl halides is 1. The molecule has 1 aromatic carbocycles. The molecule has 1 aliphatic rings. The number of amides is 1. The van der Waals surface area contributed by atoms with Gasteiger partial charge in [-0.15, -0.1) is 0 Å². The largest absolute Gasteiger partial charge is 0.496 e. The number of halogens is 1. The molecule has 2 rings (SSSR count). The molecule has 20 heavy (non-hydrogen) atoms. The molecular formula is C14H16BrNO4. The topological polar surface area (TPSA) is 55.8 Å². The number of anilines is 1. The smallest absolute Gasteiger partial charge is 0.341 e. The molecule has 1 fully saturated rings. The first-order valence-electron chi connectivity index (χ1n) is 6.23. The van der Waals surface area contributed by atoms with Gasteiger partial charge in [0, 0.05) is 30.0 Å². The molecule has 1 unspecified atom stereocenters. The quantitative estimate of drug-likeness (QED) is 0.622. The van der Waals surface area contributed by atoms with Crippen LogP contribution in [0.4, 0.5) is 5.69 Å². The van der Waals surface area contributed by atoms with E-state index in [-0.39, 0.29) is 5.91 Å². The van der Waals surface area contributed by atoms with Crippen molar-refractivity contribution in [1.29, 1.82) is 0 Å². The standard InChI is InChI=1S/C14H16BrNO4/c1-19-12-6-10(3-4-11(12)14(18)20-2)16-8-9(7-15)5-13(16)17/h3-4,6,9H,5,7-8H2,1-2H3. The van der Waals surface area contributed by atoms with E-state index in [1.165, 1.54) is 14.2 Å². The van der Waals surface area contributed by atoms with E-state index in [1.807, 2.05) is 0 Å². The second-order valence-corrected chi connectivity index (χ2v) is 5.25. The lowest BCUT2D eigenvalue weighted by molar-refractivity contribution is -0.117. The fraction of sp³-hybridized carbons (Fsp3) is 0.429. The summed E-state index contributed by atoms with van der Waals surface area (Å²) < 4.78 is 9.90. The molecule has 1 amide bonds. The fourth-order valence-electron chi connectivity index (χ4n) is 2.26. The van der Waals surface area contributed by atoms with E-state index < -0.39 is 5.97 Å². The molecule has 0 N–H and O–H groups in total. The molecule has 0 aliphatic carbocycles. The highest BCUT2D eigenvalue weighted by Gasteiger charge is 2.30. The molecule has 1 heterocycles. The van der Waals surface area contributed by atoms with Gasteiger partial charge in [-0.2, -0.15) is 0 Å². The average molecular weight is 342 g/mol. The third-order valence-corrected chi connectivity index (χ3v) is 4.24. The Balaban J connectivity index is 2.30. The van der Waals surface area contributed by atoms with Crippen molar-refractivity contribution < 1.29 is 19.1 Å². The molecule has 1 aromatic rings. The van der Waals surface area contributed by atoms with Crippen LogP contribution in [0.5, 0.6) is 5.75 Å². The van der Waals surface area contributed by atoms with Crippen LogP contribution in [0, 0.1) is 5.92 Å². The van der Waals surface area contributed by atoms with Gasteiger partial charge in [0.15, 0.2) is 0 Å². The number of carbonyl (C=O) groups excluding carboxylic acids is 2. The summed E-state index contributed by atoms with van der Waals surface area (Å²) in [5.74, 6) is 0.347. The number of ether oxygens (including phenoxy) is 2. The Kier molecular flexibility index (Phi) is 4.65. The number of carbonyl (C=O) groups is 2. The molecule has 0 aromatic heterocycles. The molecule has 0 spiro atoms. The van der Waals surface area contributed by atoms with Crippen LogP contribution in [-0.2, 0) is 9.53 Å². The maximum atomic E-state index is 12.0. The normalized spacial score (nSPS) is 18.2. The fourth-order valence-corrected chi connectivity index (χ4v) is 2.69. The Morgan fingerprint density at radius 2 is 2.20 bits per heavy atom. The van der Waals surface area contributed by atoms with Gasteiger partial charge >= 0.3 is 5.97 Å². The molecule has 0 bridgehead atoms. The van der Waals surface area contributed by atoms with E-state index in [1.54, 1.807) is 23.1 Å². The van der Waals surface area contributed by atoms with Crippen LogP contribution in [0.15, 0.2) is 18.2 Å². The van der Waals surface area contributed by atoms with E-state index in [4.69, 9.17) is 9.47 Å². The third kappa shape index (κ3) is 2.80. The monoisotopic (exact) mass is 341 g/mol. The minimum absolute atomic E-state index is 0.0855. The van der Waals surface area contributed by atoms with Gasteiger partial charge < -0.3 is 14.4 Å². The first-order chi connectivity index (χ1) is 9.60. The van der Waals surface area contributed by atoms with E-state index in [2.05, 4.69) is 15.9 Å². The number of benzene rings is 1. The summed E-state index contributed by atoms with van der Waals surface area (Å²) in [6, 6.07) is 5.05. The molecular weight excluding hydrogens is 326 g/mol. The second kappa shape index (κ2) is 6.26. The lowest BCUT2D eigenvalue weighted by atomic mass is 10.1. The zero-order valence-electron chi connectivity index (χ0n) is 11.4. The maximum Gasteiger partial charge on any atom is 0.341 e. The highest BCUT2D eigenvalue weighted by Crippen LogP contribution is 2.31. The molecule has 0 radical (unpaired) electrons. The first-order valence-corrected chi connectivity index (χ1v) is 7.35. The number of methoxy groups -OCH3 is 2. The van der Waals surface area contributed by atoms with Gasteiger partial charge in [-0.3, -0.25) is 4.79 Å². The molecule has 5 nitrogen and oxygen atoms in total. The van der Waals surface area contributed by atoms with Crippen molar-refractivity contribution >= 4 is 33.5 Å². The van der Waals surface area contributed by atoms with Gasteiger partial charge in [-0.1, -0.05) is 15.9 Å². The van der Waals surface area contributed by atoms with Crippen molar-refractivity contribution in [2.75, 3.05) is 31.0 Å². The van der Waals surface area contributed by atoms with Crippen LogP contribution in [-0.4, -0.2) is 38.0 Å². The summed E-state index contributed by atoms with van der Waals surface area (Å²) in [5.41, 5.74) is 1.09. The Morgan fingerprint density at radius 3 is 2.75 bits per heavy atom. The lowest BCUT2D eigenvalue weighted by Gasteiger charge is -2.18. The molecule has 1 saturated heterocycles. The van der Waals surface area contributed by atoms with Crippen LogP contribution in [0.2, 0.25) is 0 Å². The molecule has 1 atom stereocenters. The van der Waals surface area contributed by atoms with Crippen LogP contribution in [0.1, 0.15) is 16.8 Å². The van der Waals surface area contributed by atoms with E-state index in [0.29, 0.717) is 30.2 Å². The van der Waals surface area contributed by atoms with Gasteiger partial charge in [0.25, 0.3) is 0 Å². The van der Waals surface area contributed by atoms with E-state index >= 15 is 0 Å². The minimum Gasteiger partial charge on any atom is -0.496 e. The summed E-state index contributed by atoms with van der Waals surface area (Å²) in [6.45, 7) is 0.671. The summed E-state index contributed by atoms with van der Waals surface area (Å²) in [4.78, 5) is 25.3. The Morgan fingerprint density at radius 1 is 1.45 bits per heavy atom. The van der Waals surface area contributed by atoms with E-state index in [9.17, 15) is 9.59 Å². The summed E-state index contributed by atoms with van der Waals surface area (Å²) in [6.07, 6.45) is 0.534. The van der Waals surface area contributed by atoms with Gasteiger partial charge in [-0.05, 0) is 18.1 Å². The van der Waals surface area contributed by atoms with Crippen molar-refractivity contribution in [3.05, 3.63) is 23.8 Å². The molecule has 108 valence electrons. The second-order valence-electron chi connectivity index (χ2n) is 4.60. The lowest BCUT2D eigenvalue weighted by Crippen LogP contribution is -2.24. The Labute approximate surface area is 126 Å². The summed E-state index contributed by atoms with van der Waals surface area (Å²) >= 11 is 3.41. The highest BCUT2D eigenvalue weighted by molar-refractivity contribution is 9.09. The van der Waals surface area contributed by atoms with Crippen molar-refractivity contribution in [3.8, 4) is 5.75 Å². The first kappa shape index (κ1) is 14.8. The SMILES string of the molecule is COC(=O)c1ccc(N2CC(CBr)CC2=O)cc1OC. The van der Waals surface area contributed by atoms with Crippen LogP contribution in [0.25, 0.3) is 0 Å². The molecule has 0 saturated carbocycles. The highest BCUT2D eigenvalue weighted by atomic mass is 79.9. The average Bonchev–Trinajstić information content (AvgIpc) is 2.86. The van der Waals surface area contributed by atoms with Gasteiger partial charge in [0.2, 0.25) is 5.91 Å². The molecule has 6 heteroatoms. The predicted octanol–water partition coefficient (Wildman–Crippen LogP) is 2.23. The number of hydrogen-bond acceptors (Lipinski definition) is 4. The summed E-state index contributed by atoms with van der Waals surface area (Å²) in [5, 5.41) is 0.798. The number of nitrogens with zero attached hydrogens (tertiary/aromatic N) is 1. The van der Waals surface area contributed by atoms with Crippen molar-refractivity contribution in [2.45, 2.75) is 6.42 Å². The minimum atomic E-state index is -0.459. The maximum absolute atomic E-state index is 12.0. The van der Waals surface area contributed by atoms with Crippen molar-refractivity contribution in [1.82, 2.24) is 0 Å². The number of esters is 1. The third-order valence-electron chi connectivity index (χ3n) is 3.33. The zero-order chi connectivity index (χ0) is 14.7. The van der Waals surface area contributed by atoms with Crippen LogP contribution in [0.3, 0.4) is 0 Å².